The minimum atomic E-state index is -1.01. The number of fused-ring (bicyclic) bond motifs is 1. The Labute approximate surface area is 90.7 Å². The SMILES string of the molecule is CC(C)(C(=O)O)c1ccc2[nH]c(=O)oc2c1. The summed E-state index contributed by atoms with van der Waals surface area (Å²) in [5.74, 6) is -1.47. The average molecular weight is 221 g/mol. The standard InChI is InChI=1S/C11H11NO4/c1-11(2,9(13)14)6-3-4-7-8(5-6)16-10(15)12-7/h3-5H,1-2H3,(H,12,15)(H,13,14). The molecule has 1 aromatic heterocycles. The van der Waals surface area contributed by atoms with Gasteiger partial charge in [0.2, 0.25) is 0 Å². The Morgan fingerprint density at radius 2 is 2.12 bits per heavy atom. The lowest BCUT2D eigenvalue weighted by atomic mass is 9.85. The van der Waals surface area contributed by atoms with E-state index in [4.69, 9.17) is 9.52 Å². The molecule has 0 radical (unpaired) electrons. The minimum Gasteiger partial charge on any atom is -0.481 e. The van der Waals surface area contributed by atoms with Gasteiger partial charge in [0.15, 0.2) is 5.58 Å². The first-order valence-corrected chi connectivity index (χ1v) is 4.78. The summed E-state index contributed by atoms with van der Waals surface area (Å²) in [5, 5.41) is 9.07. The Bertz CT molecular complexity index is 606. The van der Waals surface area contributed by atoms with Crippen LogP contribution in [0.3, 0.4) is 0 Å². The Balaban J connectivity index is 2.63. The van der Waals surface area contributed by atoms with Crippen LogP contribution in [0.5, 0.6) is 0 Å². The maximum Gasteiger partial charge on any atom is 0.417 e. The largest absolute Gasteiger partial charge is 0.481 e. The average Bonchev–Trinajstić information content (AvgIpc) is 2.56. The summed E-state index contributed by atoms with van der Waals surface area (Å²) in [7, 11) is 0. The van der Waals surface area contributed by atoms with Gasteiger partial charge in [-0.2, -0.15) is 0 Å². The van der Waals surface area contributed by atoms with E-state index in [9.17, 15) is 9.59 Å². The van der Waals surface area contributed by atoms with Crippen LogP contribution in [0.15, 0.2) is 27.4 Å². The van der Waals surface area contributed by atoms with Gasteiger partial charge >= 0.3 is 11.7 Å². The van der Waals surface area contributed by atoms with Gasteiger partial charge in [-0.1, -0.05) is 6.07 Å². The topological polar surface area (TPSA) is 83.3 Å². The van der Waals surface area contributed by atoms with Crippen molar-refractivity contribution in [3.63, 3.8) is 0 Å². The van der Waals surface area contributed by atoms with Gasteiger partial charge in [0.1, 0.15) is 0 Å². The van der Waals surface area contributed by atoms with Crippen LogP contribution in [0.2, 0.25) is 0 Å². The van der Waals surface area contributed by atoms with Crippen LogP contribution in [0.1, 0.15) is 19.4 Å². The number of nitrogens with one attached hydrogen (secondary N) is 1. The highest BCUT2D eigenvalue weighted by atomic mass is 16.4. The minimum absolute atomic E-state index is 0.372. The number of carbonyl (C=O) groups is 1. The Kier molecular flexibility index (Phi) is 2.11. The van der Waals surface area contributed by atoms with Gasteiger partial charge in [0, 0.05) is 0 Å². The van der Waals surface area contributed by atoms with Crippen molar-refractivity contribution >= 4 is 17.1 Å². The molecule has 0 saturated heterocycles. The lowest BCUT2D eigenvalue weighted by Crippen LogP contribution is -2.28. The molecule has 0 bridgehead atoms. The lowest BCUT2D eigenvalue weighted by molar-refractivity contribution is -0.142. The third-order valence-corrected chi connectivity index (χ3v) is 2.68. The first kappa shape index (κ1) is 10.5. The zero-order valence-corrected chi connectivity index (χ0v) is 8.90. The van der Waals surface area contributed by atoms with Crippen molar-refractivity contribution in [3.8, 4) is 0 Å². The van der Waals surface area contributed by atoms with E-state index in [1.54, 1.807) is 32.0 Å². The summed E-state index contributed by atoms with van der Waals surface area (Å²) >= 11 is 0. The number of carboxylic acids is 1. The molecule has 0 saturated carbocycles. The number of rotatable bonds is 2. The van der Waals surface area contributed by atoms with E-state index in [0.717, 1.165) is 0 Å². The predicted octanol–water partition coefficient (Wildman–Crippen LogP) is 1.48. The van der Waals surface area contributed by atoms with Gasteiger partial charge in [0.25, 0.3) is 0 Å². The van der Waals surface area contributed by atoms with E-state index in [2.05, 4.69) is 4.98 Å². The molecule has 0 aliphatic carbocycles. The highest BCUT2D eigenvalue weighted by molar-refractivity contribution is 5.82. The summed E-state index contributed by atoms with van der Waals surface area (Å²) in [5.41, 5.74) is 0.520. The molecule has 0 amide bonds. The Morgan fingerprint density at radius 3 is 2.75 bits per heavy atom. The normalized spacial score (nSPS) is 11.9. The van der Waals surface area contributed by atoms with Crippen molar-refractivity contribution in [3.05, 3.63) is 34.3 Å². The molecular formula is C11H11NO4. The van der Waals surface area contributed by atoms with E-state index in [1.807, 2.05) is 0 Å². The van der Waals surface area contributed by atoms with Crippen LogP contribution in [0.25, 0.3) is 11.1 Å². The van der Waals surface area contributed by atoms with Gasteiger partial charge in [-0.3, -0.25) is 9.78 Å². The zero-order valence-electron chi connectivity index (χ0n) is 8.90. The molecule has 0 fully saturated rings. The van der Waals surface area contributed by atoms with Crippen LogP contribution >= 0.6 is 0 Å². The van der Waals surface area contributed by atoms with Gasteiger partial charge in [-0.05, 0) is 31.5 Å². The smallest absolute Gasteiger partial charge is 0.417 e. The molecular weight excluding hydrogens is 210 g/mol. The van der Waals surface area contributed by atoms with Crippen LogP contribution in [0.4, 0.5) is 0 Å². The van der Waals surface area contributed by atoms with Crippen molar-refractivity contribution in [2.45, 2.75) is 19.3 Å². The van der Waals surface area contributed by atoms with E-state index in [-0.39, 0.29) is 0 Å². The second-order valence-electron chi connectivity index (χ2n) is 4.16. The molecule has 5 nitrogen and oxygen atoms in total. The molecule has 1 heterocycles. The predicted molar refractivity (Wildman–Crippen MR) is 57.5 cm³/mol. The molecule has 0 spiro atoms. The first-order valence-electron chi connectivity index (χ1n) is 4.78. The number of carboxylic acid groups (broad SMARTS) is 1. The number of aliphatic carboxylic acids is 1. The number of hydrogen-bond acceptors (Lipinski definition) is 3. The number of aromatic amines is 1. The molecule has 2 aromatic rings. The lowest BCUT2D eigenvalue weighted by Gasteiger charge is -2.19. The number of H-pyrrole nitrogens is 1. The molecule has 0 aliphatic heterocycles. The van der Waals surface area contributed by atoms with Gasteiger partial charge in [-0.15, -0.1) is 0 Å². The van der Waals surface area contributed by atoms with Gasteiger partial charge < -0.3 is 9.52 Å². The van der Waals surface area contributed by atoms with E-state index >= 15 is 0 Å². The van der Waals surface area contributed by atoms with Crippen LogP contribution in [-0.2, 0) is 10.2 Å². The molecule has 2 N–H and O–H groups in total. The quantitative estimate of drug-likeness (QED) is 0.804. The molecule has 0 atom stereocenters. The van der Waals surface area contributed by atoms with Crippen LogP contribution in [-0.4, -0.2) is 16.1 Å². The highest BCUT2D eigenvalue weighted by Crippen LogP contribution is 2.25. The first-order chi connectivity index (χ1) is 7.41. The molecule has 0 aliphatic rings. The van der Waals surface area contributed by atoms with Crippen molar-refractivity contribution < 1.29 is 14.3 Å². The number of benzene rings is 1. The second kappa shape index (κ2) is 3.23. The van der Waals surface area contributed by atoms with Crippen LogP contribution < -0.4 is 5.76 Å². The summed E-state index contributed by atoms with van der Waals surface area (Å²) in [6.07, 6.45) is 0. The molecule has 0 unspecified atom stereocenters. The van der Waals surface area contributed by atoms with Gasteiger partial charge in [-0.25, -0.2) is 4.79 Å². The Morgan fingerprint density at radius 1 is 1.44 bits per heavy atom. The maximum absolute atomic E-state index is 11.1. The monoisotopic (exact) mass is 221 g/mol. The fourth-order valence-electron chi connectivity index (χ4n) is 1.46. The summed E-state index contributed by atoms with van der Waals surface area (Å²) in [6, 6.07) is 4.88. The van der Waals surface area contributed by atoms with Crippen LogP contribution in [0, 0.1) is 0 Å². The van der Waals surface area contributed by atoms with E-state index < -0.39 is 17.1 Å². The second-order valence-corrected chi connectivity index (χ2v) is 4.16. The fourth-order valence-corrected chi connectivity index (χ4v) is 1.46. The summed E-state index contributed by atoms with van der Waals surface area (Å²) < 4.78 is 4.88. The van der Waals surface area contributed by atoms with Gasteiger partial charge in [0.05, 0.1) is 10.9 Å². The van der Waals surface area contributed by atoms with Crippen molar-refractivity contribution in [2.24, 2.45) is 0 Å². The molecule has 16 heavy (non-hydrogen) atoms. The van der Waals surface area contributed by atoms with Crippen molar-refractivity contribution in [1.82, 2.24) is 4.98 Å². The molecule has 1 aromatic carbocycles. The molecule has 5 heteroatoms. The third-order valence-electron chi connectivity index (χ3n) is 2.68. The molecule has 2 rings (SSSR count). The summed E-state index contributed by atoms with van der Waals surface area (Å²) in [4.78, 5) is 24.5. The van der Waals surface area contributed by atoms with E-state index in [1.165, 1.54) is 0 Å². The number of oxazole rings is 1. The highest BCUT2D eigenvalue weighted by Gasteiger charge is 2.29. The number of aromatic nitrogens is 1. The third kappa shape index (κ3) is 1.50. The zero-order chi connectivity index (χ0) is 11.9. The van der Waals surface area contributed by atoms with E-state index in [0.29, 0.717) is 16.7 Å². The maximum atomic E-state index is 11.1. The van der Waals surface area contributed by atoms with Crippen molar-refractivity contribution in [2.75, 3.05) is 0 Å². The van der Waals surface area contributed by atoms with Crippen molar-refractivity contribution in [1.29, 1.82) is 0 Å². The fraction of sp³-hybridized carbons (Fsp3) is 0.273. The summed E-state index contributed by atoms with van der Waals surface area (Å²) in [6.45, 7) is 3.20. The molecule has 84 valence electrons. The number of hydrogen-bond donors (Lipinski definition) is 2. The Hall–Kier alpha value is -2.04.